The summed E-state index contributed by atoms with van der Waals surface area (Å²) in [4.78, 5) is 17.7. The van der Waals surface area contributed by atoms with Crippen LogP contribution in [0.5, 0.6) is 0 Å². The van der Waals surface area contributed by atoms with Crippen molar-refractivity contribution in [3.8, 4) is 0 Å². The van der Waals surface area contributed by atoms with E-state index in [-0.39, 0.29) is 17.8 Å². The Morgan fingerprint density at radius 3 is 2.48 bits per heavy atom. The standard InChI is InChI=1S/C14H16F2N4O/c1-17-13-10(15)6-9(7-11(13)16)14(21)20(3)8-12-18-4-5-19(12)2/h4-7,17H,8H2,1-3H3. The number of hydrogen-bond acceptors (Lipinski definition) is 3. The molecule has 1 heterocycles. The highest BCUT2D eigenvalue weighted by atomic mass is 19.1. The summed E-state index contributed by atoms with van der Waals surface area (Å²) in [5.41, 5.74) is -0.293. The van der Waals surface area contributed by atoms with Gasteiger partial charge in [0.05, 0.1) is 6.54 Å². The highest BCUT2D eigenvalue weighted by Crippen LogP contribution is 2.21. The number of nitrogens with zero attached hydrogens (tertiary/aromatic N) is 3. The van der Waals surface area contributed by atoms with Crippen LogP contribution in [0, 0.1) is 11.6 Å². The number of imidazole rings is 1. The van der Waals surface area contributed by atoms with Gasteiger partial charge >= 0.3 is 0 Å². The van der Waals surface area contributed by atoms with Gasteiger partial charge in [0.1, 0.15) is 23.1 Å². The normalized spacial score (nSPS) is 10.5. The molecule has 21 heavy (non-hydrogen) atoms. The quantitative estimate of drug-likeness (QED) is 0.938. The van der Waals surface area contributed by atoms with Crippen LogP contribution in [0.15, 0.2) is 24.5 Å². The van der Waals surface area contributed by atoms with Crippen molar-refractivity contribution < 1.29 is 13.6 Å². The zero-order valence-electron chi connectivity index (χ0n) is 12.0. The maximum Gasteiger partial charge on any atom is 0.254 e. The molecular formula is C14H16F2N4O. The Hall–Kier alpha value is -2.44. The third-order valence-electron chi connectivity index (χ3n) is 3.19. The van der Waals surface area contributed by atoms with E-state index in [2.05, 4.69) is 10.3 Å². The fourth-order valence-corrected chi connectivity index (χ4v) is 1.99. The van der Waals surface area contributed by atoms with Gasteiger partial charge in [-0.1, -0.05) is 0 Å². The molecule has 0 saturated carbocycles. The summed E-state index contributed by atoms with van der Waals surface area (Å²) < 4.78 is 29.1. The molecule has 5 nitrogen and oxygen atoms in total. The van der Waals surface area contributed by atoms with Crippen LogP contribution >= 0.6 is 0 Å². The summed E-state index contributed by atoms with van der Waals surface area (Å²) in [6.07, 6.45) is 3.38. The fourth-order valence-electron chi connectivity index (χ4n) is 1.99. The Kier molecular flexibility index (Phi) is 4.21. The van der Waals surface area contributed by atoms with Crippen LogP contribution in [-0.4, -0.2) is 34.5 Å². The van der Waals surface area contributed by atoms with Crippen LogP contribution in [-0.2, 0) is 13.6 Å². The van der Waals surface area contributed by atoms with E-state index in [9.17, 15) is 13.6 Å². The van der Waals surface area contributed by atoms with Crippen LogP contribution in [0.25, 0.3) is 0 Å². The minimum atomic E-state index is -0.800. The van der Waals surface area contributed by atoms with Crippen molar-refractivity contribution in [2.45, 2.75) is 6.54 Å². The lowest BCUT2D eigenvalue weighted by Gasteiger charge is -2.17. The summed E-state index contributed by atoms with van der Waals surface area (Å²) >= 11 is 0. The summed E-state index contributed by atoms with van der Waals surface area (Å²) in [7, 11) is 4.77. The molecule has 0 spiro atoms. The van der Waals surface area contributed by atoms with E-state index >= 15 is 0 Å². The van der Waals surface area contributed by atoms with Gasteiger partial charge in [-0.05, 0) is 12.1 Å². The number of nitrogens with one attached hydrogen (secondary N) is 1. The van der Waals surface area contributed by atoms with Crippen molar-refractivity contribution in [2.75, 3.05) is 19.4 Å². The first-order valence-electron chi connectivity index (χ1n) is 6.32. The first-order chi connectivity index (χ1) is 9.93. The average molecular weight is 294 g/mol. The Labute approximate surface area is 121 Å². The average Bonchev–Trinajstić information content (AvgIpc) is 2.83. The van der Waals surface area contributed by atoms with Crippen molar-refractivity contribution >= 4 is 11.6 Å². The SMILES string of the molecule is CNc1c(F)cc(C(=O)N(C)Cc2nccn2C)cc1F. The molecule has 0 radical (unpaired) electrons. The molecular weight excluding hydrogens is 278 g/mol. The number of carbonyl (C=O) groups excluding carboxylic acids is 1. The van der Waals surface area contributed by atoms with Gasteiger partial charge in [0.2, 0.25) is 0 Å². The molecule has 0 aliphatic heterocycles. The first-order valence-corrected chi connectivity index (χ1v) is 6.32. The summed E-state index contributed by atoms with van der Waals surface area (Å²) in [5, 5.41) is 2.41. The van der Waals surface area contributed by atoms with E-state index in [1.165, 1.54) is 11.9 Å². The van der Waals surface area contributed by atoms with Gasteiger partial charge in [-0.2, -0.15) is 0 Å². The minimum Gasteiger partial charge on any atom is -0.383 e. The van der Waals surface area contributed by atoms with Crippen molar-refractivity contribution in [2.24, 2.45) is 7.05 Å². The van der Waals surface area contributed by atoms with E-state index in [0.717, 1.165) is 12.1 Å². The Morgan fingerprint density at radius 1 is 1.38 bits per heavy atom. The topological polar surface area (TPSA) is 50.2 Å². The second-order valence-electron chi connectivity index (χ2n) is 4.68. The lowest BCUT2D eigenvalue weighted by atomic mass is 10.1. The number of benzene rings is 1. The molecule has 7 heteroatoms. The lowest BCUT2D eigenvalue weighted by molar-refractivity contribution is 0.0779. The number of carbonyl (C=O) groups is 1. The smallest absolute Gasteiger partial charge is 0.254 e. The van der Waals surface area contributed by atoms with Crippen molar-refractivity contribution in [1.29, 1.82) is 0 Å². The summed E-state index contributed by atoms with van der Waals surface area (Å²) in [6.45, 7) is 0.249. The van der Waals surface area contributed by atoms with Crippen molar-refractivity contribution in [1.82, 2.24) is 14.5 Å². The highest BCUT2D eigenvalue weighted by Gasteiger charge is 2.18. The van der Waals surface area contributed by atoms with Gasteiger partial charge in [-0.25, -0.2) is 13.8 Å². The van der Waals surface area contributed by atoms with E-state index < -0.39 is 17.5 Å². The maximum atomic E-state index is 13.7. The third kappa shape index (κ3) is 3.01. The van der Waals surface area contributed by atoms with Crippen LogP contribution in [0.3, 0.4) is 0 Å². The summed E-state index contributed by atoms with van der Waals surface area (Å²) in [5.74, 6) is -1.39. The minimum absolute atomic E-state index is 0.0410. The summed E-state index contributed by atoms with van der Waals surface area (Å²) in [6, 6.07) is 2.04. The molecule has 1 aromatic carbocycles. The predicted octanol–water partition coefficient (Wildman–Crippen LogP) is 2.01. The molecule has 1 N–H and O–H groups in total. The van der Waals surface area contributed by atoms with Gasteiger partial charge in [0.25, 0.3) is 5.91 Å². The van der Waals surface area contributed by atoms with Gasteiger partial charge in [0.15, 0.2) is 0 Å². The second-order valence-corrected chi connectivity index (χ2v) is 4.68. The molecule has 112 valence electrons. The highest BCUT2D eigenvalue weighted by molar-refractivity contribution is 5.94. The van der Waals surface area contributed by atoms with Gasteiger partial charge in [0, 0.05) is 39.1 Å². The number of aromatic nitrogens is 2. The van der Waals surface area contributed by atoms with Crippen LogP contribution in [0.2, 0.25) is 0 Å². The monoisotopic (exact) mass is 294 g/mol. The molecule has 1 amide bonds. The number of halogens is 2. The largest absolute Gasteiger partial charge is 0.383 e. The number of anilines is 1. The Bertz CT molecular complexity index is 646. The second kappa shape index (κ2) is 5.90. The number of hydrogen-bond donors (Lipinski definition) is 1. The zero-order valence-corrected chi connectivity index (χ0v) is 12.0. The van der Waals surface area contributed by atoms with E-state index in [1.54, 1.807) is 24.0 Å². The van der Waals surface area contributed by atoms with E-state index in [1.807, 2.05) is 7.05 Å². The van der Waals surface area contributed by atoms with Crippen LogP contribution in [0.4, 0.5) is 14.5 Å². The molecule has 2 rings (SSSR count). The number of aryl methyl sites for hydroxylation is 1. The molecule has 0 aliphatic carbocycles. The Morgan fingerprint density at radius 2 is 2.00 bits per heavy atom. The van der Waals surface area contributed by atoms with Crippen LogP contribution in [0.1, 0.15) is 16.2 Å². The van der Waals surface area contributed by atoms with Gasteiger partial charge in [-0.15, -0.1) is 0 Å². The number of rotatable bonds is 4. The third-order valence-corrected chi connectivity index (χ3v) is 3.19. The van der Waals surface area contributed by atoms with Crippen molar-refractivity contribution in [3.63, 3.8) is 0 Å². The molecule has 0 atom stereocenters. The zero-order chi connectivity index (χ0) is 15.6. The molecule has 0 fully saturated rings. The van der Waals surface area contributed by atoms with Gasteiger partial charge in [-0.3, -0.25) is 4.79 Å². The predicted molar refractivity (Wildman–Crippen MR) is 74.9 cm³/mol. The van der Waals surface area contributed by atoms with Crippen LogP contribution < -0.4 is 5.32 Å². The fraction of sp³-hybridized carbons (Fsp3) is 0.286. The molecule has 0 aliphatic rings. The molecule has 0 unspecified atom stereocenters. The molecule has 1 aromatic heterocycles. The number of amides is 1. The molecule has 2 aromatic rings. The molecule has 0 bridgehead atoms. The maximum absolute atomic E-state index is 13.7. The van der Waals surface area contributed by atoms with Gasteiger partial charge < -0.3 is 14.8 Å². The lowest BCUT2D eigenvalue weighted by Crippen LogP contribution is -2.27. The van der Waals surface area contributed by atoms with E-state index in [4.69, 9.17) is 0 Å². The molecule has 0 saturated heterocycles. The first kappa shape index (κ1) is 15.0. The van der Waals surface area contributed by atoms with Crippen molar-refractivity contribution in [3.05, 3.63) is 47.5 Å². The van der Waals surface area contributed by atoms with E-state index in [0.29, 0.717) is 5.82 Å². The Balaban J connectivity index is 2.22.